The number of para-hydroxylation sites is 1. The van der Waals surface area contributed by atoms with Gasteiger partial charge < -0.3 is 14.4 Å². The lowest BCUT2D eigenvalue weighted by molar-refractivity contribution is -0.119. The molecule has 2 aliphatic rings. The Kier molecular flexibility index (Phi) is 3.64. The van der Waals surface area contributed by atoms with Gasteiger partial charge in [0.15, 0.2) is 0 Å². The third-order valence-corrected chi connectivity index (χ3v) is 5.25. The molecule has 0 radical (unpaired) electrons. The molecule has 122 valence electrons. The van der Waals surface area contributed by atoms with Crippen LogP contribution in [0.2, 0.25) is 0 Å². The first kappa shape index (κ1) is 14.8. The molecule has 2 heterocycles. The molecular formula is C19H25N3O. The van der Waals surface area contributed by atoms with Crippen molar-refractivity contribution in [2.75, 3.05) is 32.1 Å². The topological polar surface area (TPSA) is 28.5 Å². The van der Waals surface area contributed by atoms with Crippen LogP contribution < -0.4 is 4.90 Å². The Morgan fingerprint density at radius 2 is 2.00 bits per heavy atom. The lowest BCUT2D eigenvalue weighted by Crippen LogP contribution is -2.39. The van der Waals surface area contributed by atoms with E-state index in [0.29, 0.717) is 6.54 Å². The van der Waals surface area contributed by atoms with Crippen LogP contribution in [-0.2, 0) is 24.2 Å². The van der Waals surface area contributed by atoms with E-state index in [-0.39, 0.29) is 5.91 Å². The van der Waals surface area contributed by atoms with Gasteiger partial charge in [-0.25, -0.2) is 0 Å². The molecule has 0 N–H and O–H groups in total. The van der Waals surface area contributed by atoms with E-state index in [1.54, 1.807) is 0 Å². The number of hydrogen-bond acceptors (Lipinski definition) is 2. The molecule has 1 amide bonds. The number of fused-ring (bicyclic) bond motifs is 3. The molecule has 0 bridgehead atoms. The fourth-order valence-corrected chi connectivity index (χ4v) is 4.21. The number of nitrogens with zero attached hydrogens (tertiary/aromatic N) is 3. The number of aromatic nitrogens is 1. The van der Waals surface area contributed by atoms with E-state index in [1.165, 1.54) is 35.0 Å². The average Bonchev–Trinajstić information content (AvgIpc) is 2.86. The lowest BCUT2D eigenvalue weighted by atomic mass is 9.95. The number of carbonyl (C=O) groups excluding carboxylic acids is 1. The highest BCUT2D eigenvalue weighted by Gasteiger charge is 2.30. The monoisotopic (exact) mass is 311 g/mol. The Morgan fingerprint density at radius 3 is 2.83 bits per heavy atom. The fraction of sp³-hybridized carbons (Fsp3) is 0.526. The molecule has 4 heteroatoms. The third kappa shape index (κ3) is 2.36. The zero-order valence-electron chi connectivity index (χ0n) is 14.1. The normalized spacial score (nSPS) is 17.2. The largest absolute Gasteiger partial charge is 0.333 e. The third-order valence-electron chi connectivity index (χ3n) is 5.25. The molecule has 4 rings (SSSR count). The second kappa shape index (κ2) is 5.68. The summed E-state index contributed by atoms with van der Waals surface area (Å²) < 4.78 is 2.31. The van der Waals surface area contributed by atoms with Crippen LogP contribution in [0.15, 0.2) is 18.2 Å². The summed E-state index contributed by atoms with van der Waals surface area (Å²) in [6.45, 7) is 2.34. The van der Waals surface area contributed by atoms with Gasteiger partial charge in [-0.1, -0.05) is 12.1 Å². The molecule has 1 aliphatic heterocycles. The van der Waals surface area contributed by atoms with Crippen molar-refractivity contribution in [3.8, 4) is 0 Å². The van der Waals surface area contributed by atoms with Gasteiger partial charge in [0.05, 0.1) is 11.2 Å². The van der Waals surface area contributed by atoms with Crippen LogP contribution in [0.1, 0.15) is 30.5 Å². The predicted molar refractivity (Wildman–Crippen MR) is 94.1 cm³/mol. The summed E-state index contributed by atoms with van der Waals surface area (Å²) in [5.41, 5.74) is 5.33. The van der Waals surface area contributed by atoms with Crippen LogP contribution in [0.25, 0.3) is 10.9 Å². The number of carbonyl (C=O) groups is 1. The maximum atomic E-state index is 12.7. The summed E-state index contributed by atoms with van der Waals surface area (Å²) >= 11 is 0. The Balaban J connectivity index is 1.77. The Hall–Kier alpha value is -1.81. The molecular weight excluding hydrogens is 286 g/mol. The van der Waals surface area contributed by atoms with Crippen LogP contribution in [-0.4, -0.2) is 42.6 Å². The number of hydrogen-bond donors (Lipinski definition) is 0. The minimum Gasteiger partial charge on any atom is -0.333 e. The molecule has 0 saturated heterocycles. The Bertz CT molecular complexity index is 760. The number of benzene rings is 1. The highest BCUT2D eigenvalue weighted by atomic mass is 16.2. The number of aryl methyl sites for hydroxylation is 1. The second-order valence-electron chi connectivity index (χ2n) is 7.09. The van der Waals surface area contributed by atoms with Crippen LogP contribution in [0.5, 0.6) is 0 Å². The van der Waals surface area contributed by atoms with E-state index in [4.69, 9.17) is 0 Å². The molecule has 1 aromatic carbocycles. The van der Waals surface area contributed by atoms with Gasteiger partial charge in [0.25, 0.3) is 0 Å². The van der Waals surface area contributed by atoms with Crippen LogP contribution in [0.3, 0.4) is 0 Å². The Labute approximate surface area is 137 Å². The average molecular weight is 311 g/mol. The summed E-state index contributed by atoms with van der Waals surface area (Å²) in [6, 6.07) is 6.48. The molecule has 1 aliphatic carbocycles. The van der Waals surface area contributed by atoms with Crippen molar-refractivity contribution in [2.45, 2.75) is 38.6 Å². The van der Waals surface area contributed by atoms with E-state index < -0.39 is 0 Å². The lowest BCUT2D eigenvalue weighted by Gasteiger charge is -2.30. The van der Waals surface area contributed by atoms with Gasteiger partial charge in [0.1, 0.15) is 6.54 Å². The second-order valence-corrected chi connectivity index (χ2v) is 7.09. The summed E-state index contributed by atoms with van der Waals surface area (Å²) in [5.74, 6) is 0.243. The van der Waals surface area contributed by atoms with Gasteiger partial charge in [0, 0.05) is 17.6 Å². The van der Waals surface area contributed by atoms with Crippen molar-refractivity contribution in [3.05, 3.63) is 29.5 Å². The smallest absolute Gasteiger partial charge is 0.246 e. The summed E-state index contributed by atoms with van der Waals surface area (Å²) in [6.07, 6.45) is 5.82. The molecule has 0 unspecified atom stereocenters. The van der Waals surface area contributed by atoms with E-state index in [9.17, 15) is 4.79 Å². The van der Waals surface area contributed by atoms with Crippen LogP contribution in [0, 0.1) is 0 Å². The highest BCUT2D eigenvalue weighted by molar-refractivity contribution is 6.07. The molecule has 0 saturated carbocycles. The molecule has 0 fully saturated rings. The predicted octanol–water partition coefficient (Wildman–Crippen LogP) is 2.82. The quantitative estimate of drug-likeness (QED) is 0.868. The first-order valence-electron chi connectivity index (χ1n) is 8.75. The van der Waals surface area contributed by atoms with Crippen molar-refractivity contribution in [1.29, 1.82) is 0 Å². The summed E-state index contributed by atoms with van der Waals surface area (Å²) in [7, 11) is 4.16. The van der Waals surface area contributed by atoms with Crippen molar-refractivity contribution < 1.29 is 4.79 Å². The molecule has 2 aromatic rings. The maximum absolute atomic E-state index is 12.7. The van der Waals surface area contributed by atoms with E-state index in [0.717, 1.165) is 38.0 Å². The molecule has 23 heavy (non-hydrogen) atoms. The minimum atomic E-state index is 0.243. The van der Waals surface area contributed by atoms with Gasteiger partial charge in [-0.3, -0.25) is 4.79 Å². The van der Waals surface area contributed by atoms with Gasteiger partial charge >= 0.3 is 0 Å². The fourth-order valence-electron chi connectivity index (χ4n) is 4.21. The minimum absolute atomic E-state index is 0.243. The maximum Gasteiger partial charge on any atom is 0.246 e. The van der Waals surface area contributed by atoms with Gasteiger partial charge in [-0.2, -0.15) is 0 Å². The number of amides is 1. The molecule has 4 nitrogen and oxygen atoms in total. The molecule has 0 atom stereocenters. The van der Waals surface area contributed by atoms with Gasteiger partial charge in [0.2, 0.25) is 5.91 Å². The summed E-state index contributed by atoms with van der Waals surface area (Å²) in [4.78, 5) is 16.9. The van der Waals surface area contributed by atoms with E-state index in [1.807, 2.05) is 4.90 Å². The SMILES string of the molecule is CN(C)CCCN1C(=O)Cn2c3c(c4cccc1c42)CCCC3. The number of anilines is 1. The highest BCUT2D eigenvalue weighted by Crippen LogP contribution is 2.39. The zero-order valence-corrected chi connectivity index (χ0v) is 14.1. The first-order valence-corrected chi connectivity index (χ1v) is 8.75. The van der Waals surface area contributed by atoms with Gasteiger partial charge in [-0.05, 0) is 64.4 Å². The van der Waals surface area contributed by atoms with E-state index >= 15 is 0 Å². The van der Waals surface area contributed by atoms with Crippen molar-refractivity contribution in [1.82, 2.24) is 9.47 Å². The molecule has 0 spiro atoms. The Morgan fingerprint density at radius 1 is 1.17 bits per heavy atom. The van der Waals surface area contributed by atoms with Crippen molar-refractivity contribution in [2.24, 2.45) is 0 Å². The number of rotatable bonds is 4. The van der Waals surface area contributed by atoms with Crippen LogP contribution in [0.4, 0.5) is 5.69 Å². The standard InChI is InChI=1S/C19H25N3O/c1-20(2)11-6-12-21-17-10-5-8-15-14-7-3-4-9-16(14)22(19(15)17)13-18(21)23/h5,8,10H,3-4,6-7,9,11-13H2,1-2H3. The molecule has 1 aromatic heterocycles. The van der Waals surface area contributed by atoms with E-state index in [2.05, 4.69) is 41.8 Å². The van der Waals surface area contributed by atoms with Gasteiger partial charge in [-0.15, -0.1) is 0 Å². The summed E-state index contributed by atoms with van der Waals surface area (Å²) in [5, 5.41) is 1.38. The zero-order chi connectivity index (χ0) is 16.0. The van der Waals surface area contributed by atoms with Crippen LogP contribution >= 0.6 is 0 Å². The first-order chi connectivity index (χ1) is 11.2. The van der Waals surface area contributed by atoms with Crippen molar-refractivity contribution >= 4 is 22.5 Å². The van der Waals surface area contributed by atoms with Crippen molar-refractivity contribution in [3.63, 3.8) is 0 Å².